The predicted molar refractivity (Wildman–Crippen MR) is 107 cm³/mol. The Bertz CT molecular complexity index is 1130. The fraction of sp³-hybridized carbons (Fsp3) is 0.524. The van der Waals surface area contributed by atoms with Gasteiger partial charge in [0.05, 0.1) is 28.4 Å². The molecule has 1 saturated heterocycles. The summed E-state index contributed by atoms with van der Waals surface area (Å²) in [7, 11) is 1.75. The zero-order valence-electron chi connectivity index (χ0n) is 17.8. The first-order valence-corrected chi connectivity index (χ1v) is 10.2. The molecule has 0 radical (unpaired) electrons. The van der Waals surface area contributed by atoms with Gasteiger partial charge in [-0.05, 0) is 31.7 Å². The summed E-state index contributed by atoms with van der Waals surface area (Å²) in [5.41, 5.74) is 0.848. The highest BCUT2D eigenvalue weighted by molar-refractivity contribution is 5.95. The molecule has 31 heavy (non-hydrogen) atoms. The van der Waals surface area contributed by atoms with Crippen LogP contribution in [0.2, 0.25) is 0 Å². The SMILES string of the molecule is Cc1c(C(=O)N2CCC[C@@H](c3noc4nc(C(C)C)cc(C(F)(F)F)c34)C2)cnn1C. The summed E-state index contributed by atoms with van der Waals surface area (Å²) >= 11 is 0. The number of rotatable bonds is 3. The second-order valence-corrected chi connectivity index (χ2v) is 8.35. The van der Waals surface area contributed by atoms with Crippen molar-refractivity contribution in [2.45, 2.75) is 51.6 Å². The van der Waals surface area contributed by atoms with Gasteiger partial charge in [0.1, 0.15) is 0 Å². The summed E-state index contributed by atoms with van der Waals surface area (Å²) in [5, 5.41) is 8.00. The fourth-order valence-electron chi connectivity index (χ4n) is 4.05. The molecule has 1 atom stereocenters. The molecule has 1 aliphatic heterocycles. The summed E-state index contributed by atoms with van der Waals surface area (Å²) in [5.74, 6) is -0.743. The van der Waals surface area contributed by atoms with E-state index in [0.717, 1.165) is 11.8 Å². The Kier molecular flexibility index (Phi) is 5.26. The second-order valence-electron chi connectivity index (χ2n) is 8.35. The summed E-state index contributed by atoms with van der Waals surface area (Å²) < 4.78 is 48.5. The van der Waals surface area contributed by atoms with Crippen molar-refractivity contribution in [3.63, 3.8) is 0 Å². The zero-order valence-corrected chi connectivity index (χ0v) is 17.8. The lowest BCUT2D eigenvalue weighted by Gasteiger charge is -2.32. The van der Waals surface area contributed by atoms with E-state index in [0.29, 0.717) is 30.6 Å². The molecule has 0 bridgehead atoms. The summed E-state index contributed by atoms with van der Waals surface area (Å²) in [4.78, 5) is 18.9. The van der Waals surface area contributed by atoms with Crippen LogP contribution >= 0.6 is 0 Å². The van der Waals surface area contributed by atoms with Gasteiger partial charge in [-0.15, -0.1) is 0 Å². The number of carbonyl (C=O) groups is 1. The van der Waals surface area contributed by atoms with E-state index in [1.54, 1.807) is 37.4 Å². The first-order valence-electron chi connectivity index (χ1n) is 10.2. The van der Waals surface area contributed by atoms with Crippen molar-refractivity contribution in [1.29, 1.82) is 0 Å². The molecule has 4 heterocycles. The molecule has 1 aliphatic rings. The van der Waals surface area contributed by atoms with E-state index < -0.39 is 11.7 Å². The average Bonchev–Trinajstić information content (AvgIpc) is 3.29. The quantitative estimate of drug-likeness (QED) is 0.608. The minimum atomic E-state index is -4.57. The number of halogens is 3. The first-order chi connectivity index (χ1) is 14.6. The maximum absolute atomic E-state index is 13.9. The monoisotopic (exact) mass is 435 g/mol. The molecule has 0 spiro atoms. The smallest absolute Gasteiger partial charge is 0.338 e. The van der Waals surface area contributed by atoms with E-state index in [1.165, 1.54) is 6.20 Å². The van der Waals surface area contributed by atoms with Crippen molar-refractivity contribution < 1.29 is 22.5 Å². The highest BCUT2D eigenvalue weighted by Gasteiger charge is 2.38. The van der Waals surface area contributed by atoms with Gasteiger partial charge in [-0.1, -0.05) is 19.0 Å². The van der Waals surface area contributed by atoms with Crippen LogP contribution in [0.3, 0.4) is 0 Å². The second kappa shape index (κ2) is 7.65. The van der Waals surface area contributed by atoms with Crippen LogP contribution in [0.5, 0.6) is 0 Å². The molecule has 0 saturated carbocycles. The van der Waals surface area contributed by atoms with E-state index in [2.05, 4.69) is 15.2 Å². The predicted octanol–water partition coefficient (Wildman–Crippen LogP) is 4.43. The molecule has 166 valence electrons. The number of amides is 1. The number of likely N-dealkylation sites (tertiary alicyclic amines) is 1. The van der Waals surface area contributed by atoms with Crippen molar-refractivity contribution in [3.8, 4) is 0 Å². The molecular formula is C21H24F3N5O2. The number of fused-ring (bicyclic) bond motifs is 1. The third-order valence-corrected chi connectivity index (χ3v) is 5.95. The van der Waals surface area contributed by atoms with E-state index in [9.17, 15) is 18.0 Å². The highest BCUT2D eigenvalue weighted by atomic mass is 19.4. The number of hydrogen-bond acceptors (Lipinski definition) is 5. The van der Waals surface area contributed by atoms with Crippen LogP contribution in [0.1, 0.15) is 71.5 Å². The Morgan fingerprint density at radius 3 is 2.68 bits per heavy atom. The number of hydrogen-bond donors (Lipinski definition) is 0. The number of aromatic nitrogens is 4. The average molecular weight is 435 g/mol. The number of carbonyl (C=O) groups excluding carboxylic acids is 1. The molecule has 4 rings (SSSR count). The molecule has 0 aromatic carbocycles. The molecule has 3 aromatic rings. The largest absolute Gasteiger partial charge is 0.417 e. The number of aryl methyl sites for hydroxylation is 1. The number of nitrogens with zero attached hydrogens (tertiary/aromatic N) is 5. The standard InChI is InChI=1S/C21H24F3N5O2/c1-11(2)16-8-15(21(22,23)24)17-18(27-31-19(17)26-16)13-6-5-7-29(10-13)20(30)14-9-25-28(4)12(14)3/h8-9,11,13H,5-7,10H2,1-4H3/t13-/m1/s1. The highest BCUT2D eigenvalue weighted by Crippen LogP contribution is 2.40. The number of alkyl halides is 3. The van der Waals surface area contributed by atoms with E-state index >= 15 is 0 Å². The van der Waals surface area contributed by atoms with Crippen LogP contribution in [0.4, 0.5) is 13.2 Å². The van der Waals surface area contributed by atoms with Crippen LogP contribution in [0.15, 0.2) is 16.8 Å². The van der Waals surface area contributed by atoms with Crippen LogP contribution < -0.4 is 0 Å². The minimum absolute atomic E-state index is 0.103. The van der Waals surface area contributed by atoms with Crippen LogP contribution in [0, 0.1) is 6.92 Å². The lowest BCUT2D eigenvalue weighted by Crippen LogP contribution is -2.39. The Labute approximate surface area is 177 Å². The van der Waals surface area contributed by atoms with Crippen molar-refractivity contribution >= 4 is 17.0 Å². The Morgan fingerprint density at radius 1 is 1.32 bits per heavy atom. The lowest BCUT2D eigenvalue weighted by molar-refractivity contribution is -0.136. The van der Waals surface area contributed by atoms with Gasteiger partial charge in [0.15, 0.2) is 0 Å². The third-order valence-electron chi connectivity index (χ3n) is 5.95. The maximum Gasteiger partial charge on any atom is 0.417 e. The van der Waals surface area contributed by atoms with Gasteiger partial charge < -0.3 is 9.42 Å². The van der Waals surface area contributed by atoms with Crippen molar-refractivity contribution in [3.05, 3.63) is 40.5 Å². The summed E-state index contributed by atoms with van der Waals surface area (Å²) in [6.45, 7) is 6.15. The molecule has 0 N–H and O–H groups in total. The van der Waals surface area contributed by atoms with Crippen LogP contribution in [-0.2, 0) is 13.2 Å². The summed E-state index contributed by atoms with van der Waals surface area (Å²) in [6.07, 6.45) is -1.78. The van der Waals surface area contributed by atoms with Gasteiger partial charge in [0.25, 0.3) is 11.6 Å². The van der Waals surface area contributed by atoms with Crippen molar-refractivity contribution in [2.75, 3.05) is 13.1 Å². The molecule has 7 nitrogen and oxygen atoms in total. The fourth-order valence-corrected chi connectivity index (χ4v) is 4.05. The topological polar surface area (TPSA) is 77.1 Å². The molecule has 0 aliphatic carbocycles. The normalized spacial score (nSPS) is 17.7. The van der Waals surface area contributed by atoms with Gasteiger partial charge in [0.2, 0.25) is 0 Å². The van der Waals surface area contributed by atoms with Gasteiger partial charge >= 0.3 is 6.18 Å². The van der Waals surface area contributed by atoms with E-state index in [-0.39, 0.29) is 41.1 Å². The first kappa shape index (κ1) is 21.3. The Balaban J connectivity index is 1.71. The Morgan fingerprint density at radius 2 is 2.06 bits per heavy atom. The number of piperidine rings is 1. The van der Waals surface area contributed by atoms with Crippen LogP contribution in [-0.4, -0.2) is 43.8 Å². The molecule has 3 aromatic heterocycles. The third kappa shape index (κ3) is 3.79. The lowest BCUT2D eigenvalue weighted by atomic mass is 9.91. The molecule has 0 unspecified atom stereocenters. The van der Waals surface area contributed by atoms with Crippen molar-refractivity contribution in [2.24, 2.45) is 7.05 Å². The molecule has 1 fully saturated rings. The molecule has 10 heteroatoms. The summed E-state index contributed by atoms with van der Waals surface area (Å²) in [6, 6.07) is 1.08. The Hall–Kier alpha value is -2.91. The van der Waals surface area contributed by atoms with Gasteiger partial charge in [-0.25, -0.2) is 4.98 Å². The maximum atomic E-state index is 13.9. The van der Waals surface area contributed by atoms with Gasteiger partial charge in [0, 0.05) is 37.4 Å². The number of pyridine rings is 1. The minimum Gasteiger partial charge on any atom is -0.338 e. The van der Waals surface area contributed by atoms with E-state index in [1.807, 2.05) is 0 Å². The van der Waals surface area contributed by atoms with Crippen LogP contribution in [0.25, 0.3) is 11.1 Å². The van der Waals surface area contributed by atoms with Gasteiger partial charge in [-0.3, -0.25) is 9.48 Å². The van der Waals surface area contributed by atoms with Crippen molar-refractivity contribution in [1.82, 2.24) is 24.8 Å². The zero-order chi connectivity index (χ0) is 22.5. The van der Waals surface area contributed by atoms with Gasteiger partial charge in [-0.2, -0.15) is 18.3 Å². The molecule has 1 amide bonds. The van der Waals surface area contributed by atoms with E-state index in [4.69, 9.17) is 4.52 Å². The molecular weight excluding hydrogens is 411 g/mol.